The summed E-state index contributed by atoms with van der Waals surface area (Å²) < 4.78 is 11.2. The number of hydrogen-bond donors (Lipinski definition) is 2. The van der Waals surface area contributed by atoms with Gasteiger partial charge < -0.3 is 24.8 Å². The van der Waals surface area contributed by atoms with Crippen molar-refractivity contribution in [2.75, 3.05) is 32.8 Å². The van der Waals surface area contributed by atoms with Gasteiger partial charge in [0.1, 0.15) is 13.2 Å². The maximum atomic E-state index is 12.5. The third-order valence-corrected chi connectivity index (χ3v) is 6.27. The highest BCUT2D eigenvalue weighted by molar-refractivity contribution is 5.83. The Morgan fingerprint density at radius 2 is 1.73 bits per heavy atom. The summed E-state index contributed by atoms with van der Waals surface area (Å²) in [4.78, 5) is 37.1. The van der Waals surface area contributed by atoms with Gasteiger partial charge in [-0.2, -0.15) is 0 Å². The van der Waals surface area contributed by atoms with Gasteiger partial charge in [0.2, 0.25) is 5.91 Å². The Morgan fingerprint density at radius 3 is 2.33 bits per heavy atom. The second-order valence-corrected chi connectivity index (χ2v) is 8.34. The molecule has 8 heteroatoms. The number of ether oxygens (including phenoxy) is 2. The Balaban J connectivity index is 1.26. The molecule has 1 fully saturated rings. The van der Waals surface area contributed by atoms with Crippen LogP contribution < -0.4 is 5.32 Å². The molecule has 33 heavy (non-hydrogen) atoms. The lowest BCUT2D eigenvalue weighted by Gasteiger charge is -2.21. The van der Waals surface area contributed by atoms with Crippen molar-refractivity contribution in [3.05, 3.63) is 59.7 Å². The number of nitrogens with zero attached hydrogens (tertiary/aromatic N) is 1. The first kappa shape index (κ1) is 22.8. The van der Waals surface area contributed by atoms with Crippen molar-refractivity contribution >= 4 is 18.0 Å². The monoisotopic (exact) mass is 452 g/mol. The Labute approximate surface area is 192 Å². The van der Waals surface area contributed by atoms with E-state index in [9.17, 15) is 14.4 Å². The quantitative estimate of drug-likeness (QED) is 0.638. The van der Waals surface area contributed by atoms with Crippen molar-refractivity contribution in [1.82, 2.24) is 10.2 Å². The van der Waals surface area contributed by atoms with E-state index >= 15 is 0 Å². The number of benzene rings is 2. The van der Waals surface area contributed by atoms with Crippen LogP contribution in [-0.2, 0) is 19.1 Å². The number of nitrogens with one attached hydrogen (secondary N) is 1. The summed E-state index contributed by atoms with van der Waals surface area (Å²) in [5, 5.41) is 11.7. The highest BCUT2D eigenvalue weighted by Crippen LogP contribution is 2.44. The fraction of sp³-hybridized carbons (Fsp3) is 0.400. The molecule has 2 atom stereocenters. The summed E-state index contributed by atoms with van der Waals surface area (Å²) in [6.45, 7) is 2.41. The Morgan fingerprint density at radius 1 is 1.09 bits per heavy atom. The number of rotatable bonds is 8. The van der Waals surface area contributed by atoms with Gasteiger partial charge in [0, 0.05) is 19.0 Å². The number of hydrogen-bond acceptors (Lipinski definition) is 5. The van der Waals surface area contributed by atoms with E-state index in [0.717, 1.165) is 11.1 Å². The fourth-order valence-electron chi connectivity index (χ4n) is 4.63. The van der Waals surface area contributed by atoms with Gasteiger partial charge in [-0.05, 0) is 35.6 Å². The minimum absolute atomic E-state index is 0.0119. The van der Waals surface area contributed by atoms with Crippen molar-refractivity contribution in [1.29, 1.82) is 0 Å². The average Bonchev–Trinajstić information content (AvgIpc) is 3.42. The number of alkyl carbamates (subject to hydrolysis) is 1. The largest absolute Gasteiger partial charge is 0.480 e. The molecular formula is C25H28N2O6. The van der Waals surface area contributed by atoms with Gasteiger partial charge in [0.25, 0.3) is 0 Å². The average molecular weight is 453 g/mol. The van der Waals surface area contributed by atoms with E-state index in [1.165, 1.54) is 16.0 Å². The van der Waals surface area contributed by atoms with Gasteiger partial charge in [-0.3, -0.25) is 9.59 Å². The second-order valence-electron chi connectivity index (χ2n) is 8.34. The maximum Gasteiger partial charge on any atom is 0.407 e. The van der Waals surface area contributed by atoms with Crippen LogP contribution in [0.2, 0.25) is 0 Å². The number of aliphatic carboxylic acids is 1. The molecule has 8 nitrogen and oxygen atoms in total. The van der Waals surface area contributed by atoms with Crippen LogP contribution in [0.1, 0.15) is 30.4 Å². The molecule has 0 radical (unpaired) electrons. The fourth-order valence-corrected chi connectivity index (χ4v) is 4.63. The van der Waals surface area contributed by atoms with E-state index in [0.29, 0.717) is 13.0 Å². The standard InChI is InChI=1S/C25H28N2O6/c1-2-27(13-23(28)29)24(30)16-11-17(32-14-16)12-26-25(31)33-15-22-20-9-5-3-7-18(20)19-8-4-6-10-21(19)22/h3-10,16-17,22H,2,11-15H2,1H3,(H,26,31)(H,28,29)/t16-,17-/m0/s1. The van der Waals surface area contributed by atoms with Crippen LogP contribution in [0.4, 0.5) is 4.79 Å². The molecule has 0 aromatic heterocycles. The van der Waals surface area contributed by atoms with Gasteiger partial charge in [-0.1, -0.05) is 48.5 Å². The Bertz CT molecular complexity index is 994. The molecule has 2 aromatic rings. The molecule has 1 aliphatic carbocycles. The Kier molecular flexibility index (Phi) is 6.93. The van der Waals surface area contributed by atoms with Crippen molar-refractivity contribution in [3.63, 3.8) is 0 Å². The van der Waals surface area contributed by atoms with E-state index < -0.39 is 18.0 Å². The van der Waals surface area contributed by atoms with Crippen LogP contribution in [0.15, 0.2) is 48.5 Å². The first-order valence-corrected chi connectivity index (χ1v) is 11.2. The number of carboxylic acids is 1. The molecule has 174 valence electrons. The zero-order valence-corrected chi connectivity index (χ0v) is 18.5. The van der Waals surface area contributed by atoms with Crippen molar-refractivity contribution < 1.29 is 29.0 Å². The molecular weight excluding hydrogens is 424 g/mol. The summed E-state index contributed by atoms with van der Waals surface area (Å²) >= 11 is 0. The van der Waals surface area contributed by atoms with Crippen LogP contribution in [0.5, 0.6) is 0 Å². The van der Waals surface area contributed by atoms with Crippen LogP contribution in [0, 0.1) is 5.92 Å². The van der Waals surface area contributed by atoms with Crippen LogP contribution in [-0.4, -0.2) is 66.9 Å². The predicted octanol–water partition coefficient (Wildman–Crippen LogP) is 2.86. The number of carboxylic acid groups (broad SMARTS) is 1. The van der Waals surface area contributed by atoms with Crippen molar-refractivity contribution in [2.45, 2.75) is 25.4 Å². The van der Waals surface area contributed by atoms with Gasteiger partial charge in [0.15, 0.2) is 0 Å². The van der Waals surface area contributed by atoms with Gasteiger partial charge >= 0.3 is 12.1 Å². The smallest absolute Gasteiger partial charge is 0.407 e. The number of carbonyl (C=O) groups excluding carboxylic acids is 2. The van der Waals surface area contributed by atoms with Crippen molar-refractivity contribution in [2.24, 2.45) is 5.92 Å². The highest BCUT2D eigenvalue weighted by atomic mass is 16.5. The molecule has 1 aliphatic heterocycles. The van der Waals surface area contributed by atoms with Gasteiger partial charge in [-0.25, -0.2) is 4.79 Å². The number of fused-ring (bicyclic) bond motifs is 3. The molecule has 0 spiro atoms. The maximum absolute atomic E-state index is 12.5. The lowest BCUT2D eigenvalue weighted by atomic mass is 9.98. The molecule has 0 unspecified atom stereocenters. The third kappa shape index (κ3) is 5.01. The molecule has 1 heterocycles. The molecule has 4 rings (SSSR count). The third-order valence-electron chi connectivity index (χ3n) is 6.27. The van der Waals surface area contributed by atoms with E-state index in [-0.39, 0.29) is 44.2 Å². The number of amides is 2. The SMILES string of the molecule is CCN(CC(=O)O)C(=O)[C@@H]1CO[C@H](CNC(=O)OCC2c3ccccc3-c3ccccc32)C1. The summed E-state index contributed by atoms with van der Waals surface area (Å²) in [6, 6.07) is 16.3. The number of carbonyl (C=O) groups is 3. The minimum Gasteiger partial charge on any atom is -0.480 e. The highest BCUT2D eigenvalue weighted by Gasteiger charge is 2.34. The van der Waals surface area contributed by atoms with Gasteiger partial charge in [-0.15, -0.1) is 0 Å². The first-order chi connectivity index (χ1) is 16.0. The molecule has 0 bridgehead atoms. The predicted molar refractivity (Wildman–Crippen MR) is 121 cm³/mol. The molecule has 2 aromatic carbocycles. The zero-order chi connectivity index (χ0) is 23.4. The minimum atomic E-state index is -1.04. The molecule has 2 N–H and O–H groups in total. The molecule has 2 aliphatic rings. The molecule has 1 saturated heterocycles. The second kappa shape index (κ2) is 10.0. The van der Waals surface area contributed by atoms with E-state index in [4.69, 9.17) is 14.6 Å². The lowest BCUT2D eigenvalue weighted by Crippen LogP contribution is -2.40. The zero-order valence-electron chi connectivity index (χ0n) is 18.5. The lowest BCUT2D eigenvalue weighted by molar-refractivity contribution is -0.146. The van der Waals surface area contributed by atoms with Crippen molar-refractivity contribution in [3.8, 4) is 11.1 Å². The molecule has 0 saturated carbocycles. The Hall–Kier alpha value is -3.39. The topological polar surface area (TPSA) is 105 Å². The number of likely N-dealkylation sites (N-methyl/N-ethyl adjacent to an activating group) is 1. The van der Waals surface area contributed by atoms with E-state index in [2.05, 4.69) is 29.6 Å². The first-order valence-electron chi connectivity index (χ1n) is 11.2. The summed E-state index contributed by atoms with van der Waals surface area (Å²) in [5.74, 6) is -1.69. The van der Waals surface area contributed by atoms with Crippen LogP contribution in [0.25, 0.3) is 11.1 Å². The summed E-state index contributed by atoms with van der Waals surface area (Å²) in [7, 11) is 0. The van der Waals surface area contributed by atoms with E-state index in [1.807, 2.05) is 24.3 Å². The normalized spacial score (nSPS) is 18.9. The van der Waals surface area contributed by atoms with Crippen LogP contribution in [0.3, 0.4) is 0 Å². The van der Waals surface area contributed by atoms with Gasteiger partial charge in [0.05, 0.1) is 18.6 Å². The summed E-state index contributed by atoms with van der Waals surface area (Å²) in [6.07, 6.45) is -0.419. The molecule has 2 amide bonds. The van der Waals surface area contributed by atoms with Crippen LogP contribution >= 0.6 is 0 Å². The summed E-state index contributed by atoms with van der Waals surface area (Å²) in [5.41, 5.74) is 4.63. The van der Waals surface area contributed by atoms with E-state index in [1.54, 1.807) is 6.92 Å².